The Labute approximate surface area is 229 Å². The van der Waals surface area contributed by atoms with Gasteiger partial charge in [-0.15, -0.1) is 0 Å². The zero-order valence-corrected chi connectivity index (χ0v) is 21.1. The lowest BCUT2D eigenvalue weighted by atomic mass is 9.93. The Morgan fingerprint density at radius 2 is 1.31 bits per heavy atom. The van der Waals surface area contributed by atoms with Crippen molar-refractivity contribution < 1.29 is 66.9 Å². The fraction of sp³-hybridized carbons (Fsp3) is 0.333. The Kier molecular flexibility index (Phi) is 8.63. The molecule has 228 valence electrons. The SMILES string of the molecule is CC1CCC(c2cc(F)c(-c3cc(F)c(C(F)(F)Oc4cc(F)c(OC(F)C(F)(F)F)c(F)c4)c(F)c3)c(F)c2)OC1. The van der Waals surface area contributed by atoms with Gasteiger partial charge in [-0.05, 0) is 54.2 Å². The first-order chi connectivity index (χ1) is 19.5. The first-order valence-corrected chi connectivity index (χ1v) is 12.0. The highest BCUT2D eigenvalue weighted by Crippen LogP contribution is 2.41. The van der Waals surface area contributed by atoms with E-state index >= 15 is 0 Å². The van der Waals surface area contributed by atoms with Crippen LogP contribution in [0.3, 0.4) is 0 Å². The first kappa shape index (κ1) is 31.3. The van der Waals surface area contributed by atoms with Crippen LogP contribution < -0.4 is 9.47 Å². The fourth-order valence-corrected chi connectivity index (χ4v) is 4.27. The van der Waals surface area contributed by atoms with Gasteiger partial charge in [-0.3, -0.25) is 0 Å². The summed E-state index contributed by atoms with van der Waals surface area (Å²) in [6.07, 6.45) is -14.3. The van der Waals surface area contributed by atoms with Gasteiger partial charge >= 0.3 is 18.6 Å². The lowest BCUT2D eigenvalue weighted by molar-refractivity contribution is -0.237. The van der Waals surface area contributed by atoms with Gasteiger partial charge < -0.3 is 14.2 Å². The van der Waals surface area contributed by atoms with Crippen molar-refractivity contribution >= 4 is 0 Å². The molecule has 3 aromatic rings. The zero-order chi connectivity index (χ0) is 31.1. The largest absolute Gasteiger partial charge is 0.457 e. The first-order valence-electron chi connectivity index (χ1n) is 12.0. The van der Waals surface area contributed by atoms with Crippen molar-refractivity contribution in [3.63, 3.8) is 0 Å². The minimum absolute atomic E-state index is 0.120. The van der Waals surface area contributed by atoms with E-state index in [-0.39, 0.29) is 35.7 Å². The maximum absolute atomic E-state index is 14.9. The van der Waals surface area contributed by atoms with Crippen LogP contribution in [0.1, 0.15) is 37.0 Å². The molecular weight excluding hydrogens is 600 g/mol. The van der Waals surface area contributed by atoms with E-state index in [2.05, 4.69) is 9.47 Å². The summed E-state index contributed by atoms with van der Waals surface area (Å²) in [7, 11) is 0. The lowest BCUT2D eigenvalue weighted by Crippen LogP contribution is -2.30. The van der Waals surface area contributed by atoms with E-state index in [0.29, 0.717) is 13.0 Å². The molecule has 15 heteroatoms. The molecule has 1 saturated heterocycles. The molecule has 42 heavy (non-hydrogen) atoms. The van der Waals surface area contributed by atoms with E-state index in [9.17, 15) is 52.7 Å². The predicted molar refractivity (Wildman–Crippen MR) is 121 cm³/mol. The van der Waals surface area contributed by atoms with Crippen molar-refractivity contribution in [2.75, 3.05) is 6.61 Å². The Bertz CT molecular complexity index is 1400. The fourth-order valence-electron chi connectivity index (χ4n) is 4.27. The quantitative estimate of drug-likeness (QED) is 0.248. The molecule has 3 nitrogen and oxygen atoms in total. The smallest absolute Gasteiger partial charge is 0.446 e. The molecule has 0 saturated carbocycles. The van der Waals surface area contributed by atoms with Crippen molar-refractivity contribution in [1.82, 2.24) is 0 Å². The normalized spacial score (nSPS) is 18.6. The number of halogens is 12. The molecule has 3 atom stereocenters. The summed E-state index contributed by atoms with van der Waals surface area (Å²) in [5.74, 6) is -14.1. The van der Waals surface area contributed by atoms with Crippen molar-refractivity contribution in [1.29, 1.82) is 0 Å². The van der Waals surface area contributed by atoms with Gasteiger partial charge in [-0.25, -0.2) is 26.3 Å². The van der Waals surface area contributed by atoms with Gasteiger partial charge in [-0.1, -0.05) is 6.92 Å². The minimum atomic E-state index is -5.68. The topological polar surface area (TPSA) is 27.7 Å². The Morgan fingerprint density at radius 1 is 0.762 bits per heavy atom. The highest BCUT2D eigenvalue weighted by atomic mass is 19.4. The lowest BCUT2D eigenvalue weighted by Gasteiger charge is -2.27. The molecule has 0 aliphatic carbocycles. The van der Waals surface area contributed by atoms with E-state index in [0.717, 1.165) is 18.6 Å². The van der Waals surface area contributed by atoms with Gasteiger partial charge in [0.1, 0.15) is 34.6 Å². The van der Waals surface area contributed by atoms with Gasteiger partial charge in [-0.2, -0.15) is 26.3 Å². The van der Waals surface area contributed by atoms with Gasteiger partial charge in [0.25, 0.3) is 0 Å². The molecule has 0 aromatic heterocycles. The van der Waals surface area contributed by atoms with Gasteiger partial charge in [0.2, 0.25) is 0 Å². The molecule has 1 aliphatic heterocycles. The number of hydrogen-bond acceptors (Lipinski definition) is 3. The zero-order valence-electron chi connectivity index (χ0n) is 21.1. The number of benzene rings is 3. The molecule has 3 unspecified atom stereocenters. The second-order valence-corrected chi connectivity index (χ2v) is 9.49. The average Bonchev–Trinajstić information content (AvgIpc) is 2.84. The van der Waals surface area contributed by atoms with Crippen molar-refractivity contribution in [2.24, 2.45) is 5.92 Å². The third-order valence-electron chi connectivity index (χ3n) is 6.26. The summed E-state index contributed by atoms with van der Waals surface area (Å²) >= 11 is 0. The second-order valence-electron chi connectivity index (χ2n) is 9.49. The third kappa shape index (κ3) is 6.55. The van der Waals surface area contributed by atoms with Crippen LogP contribution in [0.5, 0.6) is 11.5 Å². The highest BCUT2D eigenvalue weighted by Gasteiger charge is 2.44. The maximum Gasteiger partial charge on any atom is 0.457 e. The highest BCUT2D eigenvalue weighted by molar-refractivity contribution is 5.66. The van der Waals surface area contributed by atoms with Crippen LogP contribution in [0.2, 0.25) is 0 Å². The van der Waals surface area contributed by atoms with Crippen LogP contribution in [0, 0.1) is 40.8 Å². The Balaban J connectivity index is 1.61. The molecule has 0 radical (unpaired) electrons. The summed E-state index contributed by atoms with van der Waals surface area (Å²) in [6, 6.07) is 1.82. The summed E-state index contributed by atoms with van der Waals surface area (Å²) in [5.41, 5.74) is -3.76. The number of ether oxygens (including phenoxy) is 3. The minimum Gasteiger partial charge on any atom is -0.446 e. The summed E-state index contributed by atoms with van der Waals surface area (Å²) in [6.45, 7) is 2.27. The van der Waals surface area contributed by atoms with E-state index < -0.39 is 87.8 Å². The summed E-state index contributed by atoms with van der Waals surface area (Å²) < 4.78 is 180. The molecule has 1 fully saturated rings. The summed E-state index contributed by atoms with van der Waals surface area (Å²) in [4.78, 5) is 0. The van der Waals surface area contributed by atoms with Crippen LogP contribution in [0.15, 0.2) is 36.4 Å². The van der Waals surface area contributed by atoms with Crippen LogP contribution in [-0.2, 0) is 10.8 Å². The molecule has 3 aromatic carbocycles. The Morgan fingerprint density at radius 3 is 1.79 bits per heavy atom. The molecular formula is C27H18F12O3. The molecule has 1 aliphatic rings. The van der Waals surface area contributed by atoms with E-state index in [1.54, 1.807) is 0 Å². The monoisotopic (exact) mass is 618 g/mol. The van der Waals surface area contributed by atoms with Gasteiger partial charge in [0.15, 0.2) is 17.4 Å². The van der Waals surface area contributed by atoms with Crippen LogP contribution in [0.4, 0.5) is 52.7 Å². The number of alkyl halides is 6. The molecule has 0 N–H and O–H groups in total. The standard InChI is InChI=1S/C27H18F12O3/c1-11-2-3-21(40-10-11)12-4-15(28)22(16(29)5-12)13-6-17(30)23(18(31)7-13)27(38,39)42-14-8-19(32)24(20(33)9-14)41-25(34)26(35,36)37/h4-9,11,21,25H,2-3,10H2,1H3. The molecule has 0 spiro atoms. The van der Waals surface area contributed by atoms with Crippen LogP contribution in [0.25, 0.3) is 11.1 Å². The third-order valence-corrected chi connectivity index (χ3v) is 6.26. The maximum atomic E-state index is 14.9. The van der Waals surface area contributed by atoms with Gasteiger partial charge in [0.05, 0.1) is 11.7 Å². The van der Waals surface area contributed by atoms with E-state index in [1.807, 2.05) is 6.92 Å². The number of rotatable bonds is 7. The number of hydrogen-bond donors (Lipinski definition) is 0. The van der Waals surface area contributed by atoms with Crippen LogP contribution in [-0.4, -0.2) is 19.1 Å². The molecule has 1 heterocycles. The molecule has 0 amide bonds. The predicted octanol–water partition coefficient (Wildman–Crippen LogP) is 9.04. The average molecular weight is 618 g/mol. The molecule has 4 rings (SSSR count). The van der Waals surface area contributed by atoms with E-state index in [1.165, 1.54) is 0 Å². The molecule has 0 bridgehead atoms. The van der Waals surface area contributed by atoms with Gasteiger partial charge in [0, 0.05) is 18.7 Å². The van der Waals surface area contributed by atoms with Crippen LogP contribution >= 0.6 is 0 Å². The van der Waals surface area contributed by atoms with Crippen molar-refractivity contribution in [3.8, 4) is 22.6 Å². The van der Waals surface area contributed by atoms with Crippen molar-refractivity contribution in [3.05, 3.63) is 82.4 Å². The van der Waals surface area contributed by atoms with Crippen molar-refractivity contribution in [2.45, 2.75) is 44.5 Å². The van der Waals surface area contributed by atoms with E-state index in [4.69, 9.17) is 4.74 Å². The summed E-state index contributed by atoms with van der Waals surface area (Å²) in [5, 5.41) is 0. The second kappa shape index (κ2) is 11.6. The Hall–Kier alpha value is -3.62.